The van der Waals surface area contributed by atoms with Crippen LogP contribution in [-0.2, 0) is 0 Å². The summed E-state index contributed by atoms with van der Waals surface area (Å²) in [6.07, 6.45) is 0. The highest BCUT2D eigenvalue weighted by molar-refractivity contribution is 5.60. The molecule has 0 radical (unpaired) electrons. The summed E-state index contributed by atoms with van der Waals surface area (Å²) in [5.41, 5.74) is 7.63. The lowest BCUT2D eigenvalue weighted by Gasteiger charge is -2.07. The van der Waals surface area contributed by atoms with E-state index in [2.05, 4.69) is 10.2 Å². The highest BCUT2D eigenvalue weighted by Crippen LogP contribution is 2.21. The molecule has 19 heavy (non-hydrogen) atoms. The molecule has 0 aliphatic rings. The van der Waals surface area contributed by atoms with Crippen LogP contribution in [-0.4, -0.2) is 16.8 Å². The Hall–Kier alpha value is -2.14. The van der Waals surface area contributed by atoms with E-state index in [-0.39, 0.29) is 11.6 Å². The zero-order valence-electron chi connectivity index (χ0n) is 11.0. The van der Waals surface area contributed by atoms with E-state index in [1.54, 1.807) is 13.0 Å². The van der Waals surface area contributed by atoms with Crippen molar-refractivity contribution in [3.63, 3.8) is 0 Å². The van der Waals surface area contributed by atoms with Gasteiger partial charge in [0.15, 0.2) is 0 Å². The summed E-state index contributed by atoms with van der Waals surface area (Å²) in [5.74, 6) is 0.808. The van der Waals surface area contributed by atoms with Crippen molar-refractivity contribution in [1.29, 1.82) is 0 Å². The Bertz CT molecular complexity index is 603. The Balaban J connectivity index is 2.36. The lowest BCUT2D eigenvalue weighted by Crippen LogP contribution is -2.20. The minimum Gasteiger partial charge on any atom is -0.494 e. The van der Waals surface area contributed by atoms with Crippen LogP contribution in [0.15, 0.2) is 35.1 Å². The topological polar surface area (TPSA) is 81.0 Å². The Morgan fingerprint density at radius 3 is 2.63 bits per heavy atom. The molecule has 0 saturated carbocycles. The van der Waals surface area contributed by atoms with Gasteiger partial charge in [-0.2, -0.15) is 5.10 Å². The molecule has 5 heteroatoms. The first kappa shape index (κ1) is 13.3. The Morgan fingerprint density at radius 1 is 1.37 bits per heavy atom. The molecule has 0 spiro atoms. The van der Waals surface area contributed by atoms with E-state index >= 15 is 0 Å². The molecule has 0 amide bonds. The molecule has 1 unspecified atom stereocenters. The van der Waals surface area contributed by atoms with Gasteiger partial charge >= 0.3 is 0 Å². The van der Waals surface area contributed by atoms with Gasteiger partial charge in [0.05, 0.1) is 12.3 Å². The maximum Gasteiger partial charge on any atom is 0.268 e. The number of nitrogens with one attached hydrogen (secondary N) is 1. The largest absolute Gasteiger partial charge is 0.494 e. The van der Waals surface area contributed by atoms with Crippen molar-refractivity contribution in [2.24, 2.45) is 5.73 Å². The van der Waals surface area contributed by atoms with E-state index in [9.17, 15) is 4.79 Å². The van der Waals surface area contributed by atoms with Gasteiger partial charge in [-0.15, -0.1) is 0 Å². The molecule has 1 aromatic carbocycles. The number of H-pyrrole nitrogens is 1. The van der Waals surface area contributed by atoms with Gasteiger partial charge in [-0.1, -0.05) is 0 Å². The van der Waals surface area contributed by atoms with Crippen LogP contribution < -0.4 is 16.0 Å². The highest BCUT2D eigenvalue weighted by atomic mass is 16.5. The van der Waals surface area contributed by atoms with Crippen molar-refractivity contribution in [2.75, 3.05) is 6.61 Å². The molecule has 0 saturated heterocycles. The summed E-state index contributed by atoms with van der Waals surface area (Å²) >= 11 is 0. The quantitative estimate of drug-likeness (QED) is 0.878. The smallest absolute Gasteiger partial charge is 0.268 e. The molecule has 0 aliphatic heterocycles. The van der Waals surface area contributed by atoms with Crippen LogP contribution in [0.1, 0.15) is 25.5 Å². The van der Waals surface area contributed by atoms with E-state index < -0.39 is 0 Å². The molecule has 2 rings (SSSR count). The van der Waals surface area contributed by atoms with E-state index in [0.29, 0.717) is 17.9 Å². The fourth-order valence-electron chi connectivity index (χ4n) is 1.80. The molecule has 5 nitrogen and oxygen atoms in total. The van der Waals surface area contributed by atoms with Crippen molar-refractivity contribution in [2.45, 2.75) is 19.9 Å². The second-order valence-corrected chi connectivity index (χ2v) is 4.28. The number of ether oxygens (including phenoxy) is 1. The third-order valence-electron chi connectivity index (χ3n) is 2.78. The van der Waals surface area contributed by atoms with Crippen LogP contribution >= 0.6 is 0 Å². The van der Waals surface area contributed by atoms with Crippen molar-refractivity contribution >= 4 is 0 Å². The normalized spacial score (nSPS) is 12.2. The van der Waals surface area contributed by atoms with Gasteiger partial charge in [-0.3, -0.25) is 4.79 Å². The summed E-state index contributed by atoms with van der Waals surface area (Å²) in [6.45, 7) is 4.34. The predicted molar refractivity (Wildman–Crippen MR) is 74.1 cm³/mol. The fourth-order valence-corrected chi connectivity index (χ4v) is 1.80. The van der Waals surface area contributed by atoms with Crippen LogP contribution in [0.2, 0.25) is 0 Å². The van der Waals surface area contributed by atoms with Crippen molar-refractivity contribution < 1.29 is 4.74 Å². The second kappa shape index (κ2) is 5.67. The van der Waals surface area contributed by atoms with Gasteiger partial charge in [0, 0.05) is 17.2 Å². The maximum atomic E-state index is 11.6. The number of benzene rings is 1. The lowest BCUT2D eigenvalue weighted by molar-refractivity contribution is 0.340. The number of aromatic nitrogens is 2. The van der Waals surface area contributed by atoms with Crippen molar-refractivity contribution in [3.8, 4) is 17.0 Å². The third-order valence-corrected chi connectivity index (χ3v) is 2.78. The number of rotatable bonds is 4. The maximum absolute atomic E-state index is 11.6. The number of hydrogen-bond donors (Lipinski definition) is 2. The Labute approximate surface area is 111 Å². The summed E-state index contributed by atoms with van der Waals surface area (Å²) in [5, 5.41) is 6.50. The van der Waals surface area contributed by atoms with Crippen molar-refractivity contribution in [1.82, 2.24) is 10.2 Å². The fraction of sp³-hybridized carbons (Fsp3) is 0.286. The van der Waals surface area contributed by atoms with Gasteiger partial charge in [0.2, 0.25) is 0 Å². The number of aromatic amines is 1. The van der Waals surface area contributed by atoms with Crippen LogP contribution in [0.25, 0.3) is 11.3 Å². The average Bonchev–Trinajstić information content (AvgIpc) is 2.40. The molecule has 0 aliphatic carbocycles. The standard InChI is InChI=1S/C14H17N3O2/c1-3-19-11-6-4-10(5-7-11)13-8-12(9(2)15)14(18)17-16-13/h4-9H,3,15H2,1-2H3,(H,17,18). The summed E-state index contributed by atoms with van der Waals surface area (Å²) in [4.78, 5) is 11.6. The van der Waals surface area contributed by atoms with Crippen LogP contribution in [0.3, 0.4) is 0 Å². The van der Waals surface area contributed by atoms with Gasteiger partial charge in [0.1, 0.15) is 5.75 Å². The van der Waals surface area contributed by atoms with Crippen LogP contribution in [0.4, 0.5) is 0 Å². The van der Waals surface area contributed by atoms with E-state index in [0.717, 1.165) is 11.3 Å². The Kier molecular flexibility index (Phi) is 3.97. The van der Waals surface area contributed by atoms with Gasteiger partial charge < -0.3 is 10.5 Å². The molecule has 2 aromatic rings. The zero-order chi connectivity index (χ0) is 13.8. The zero-order valence-corrected chi connectivity index (χ0v) is 11.0. The van der Waals surface area contributed by atoms with E-state index in [4.69, 9.17) is 10.5 Å². The number of nitrogens with zero attached hydrogens (tertiary/aromatic N) is 1. The van der Waals surface area contributed by atoms with Gasteiger partial charge in [-0.25, -0.2) is 5.10 Å². The molecular formula is C14H17N3O2. The Morgan fingerprint density at radius 2 is 2.05 bits per heavy atom. The molecule has 1 atom stereocenters. The minimum absolute atomic E-state index is 0.246. The molecule has 3 N–H and O–H groups in total. The van der Waals surface area contributed by atoms with Gasteiger partial charge in [-0.05, 0) is 44.2 Å². The first-order chi connectivity index (χ1) is 9.11. The summed E-state index contributed by atoms with van der Waals surface area (Å²) < 4.78 is 5.38. The van der Waals surface area contributed by atoms with Crippen LogP contribution in [0.5, 0.6) is 5.75 Å². The van der Waals surface area contributed by atoms with Crippen molar-refractivity contribution in [3.05, 3.63) is 46.2 Å². The average molecular weight is 259 g/mol. The van der Waals surface area contributed by atoms with E-state index in [1.807, 2.05) is 31.2 Å². The second-order valence-electron chi connectivity index (χ2n) is 4.28. The lowest BCUT2D eigenvalue weighted by atomic mass is 10.1. The first-order valence-corrected chi connectivity index (χ1v) is 6.20. The molecule has 1 heterocycles. The molecule has 100 valence electrons. The summed E-state index contributed by atoms with van der Waals surface area (Å²) in [6, 6.07) is 8.94. The molecule has 1 aromatic heterocycles. The number of hydrogen-bond acceptors (Lipinski definition) is 4. The third kappa shape index (κ3) is 3.00. The minimum atomic E-state index is -0.326. The molecule has 0 fully saturated rings. The highest BCUT2D eigenvalue weighted by Gasteiger charge is 2.08. The molecular weight excluding hydrogens is 242 g/mol. The van der Waals surface area contributed by atoms with Gasteiger partial charge in [0.25, 0.3) is 5.56 Å². The first-order valence-electron chi connectivity index (χ1n) is 6.20. The van der Waals surface area contributed by atoms with E-state index in [1.165, 1.54) is 0 Å². The number of nitrogens with two attached hydrogens (primary N) is 1. The SMILES string of the molecule is CCOc1ccc(-c2cc(C(C)N)c(=O)[nH]n2)cc1. The monoisotopic (exact) mass is 259 g/mol. The summed E-state index contributed by atoms with van der Waals surface area (Å²) in [7, 11) is 0. The predicted octanol–water partition coefficient (Wildman–Crippen LogP) is 1.86. The molecule has 0 bridgehead atoms. The van der Waals surface area contributed by atoms with Crippen LogP contribution in [0, 0.1) is 0 Å².